The van der Waals surface area contributed by atoms with E-state index < -0.39 is 48.5 Å². The van der Waals surface area contributed by atoms with Crippen molar-refractivity contribution in [3.8, 4) is 0 Å². The molecule has 0 heterocycles. The third-order valence-corrected chi connectivity index (χ3v) is 9.44. The number of fused-ring (bicyclic) bond motifs is 1. The van der Waals surface area contributed by atoms with Gasteiger partial charge in [-0.15, -0.1) is 0 Å². The third-order valence-electron chi connectivity index (χ3n) is 7.70. The SMILES string of the molecule is Nc1ccc(C(=O)Nc2cccc(C(=O)Nc3ccc4c(c3)C=C(S(=O)(=O)O)/C(=N\Nc3ccc(N=Nc5ccc(S(=O)(=O)O)cc5)cc3)C4=O)c2)cc1.[Na+]. The van der Waals surface area contributed by atoms with E-state index in [2.05, 4.69) is 31.4 Å². The zero-order chi connectivity index (χ0) is 38.6. The van der Waals surface area contributed by atoms with Crippen LogP contribution in [-0.4, -0.2) is 49.3 Å². The summed E-state index contributed by atoms with van der Waals surface area (Å²) in [4.78, 5) is 38.1. The number of rotatable bonds is 10. The Kier molecular flexibility index (Phi) is 12.2. The number of azo groups is 1. The van der Waals surface area contributed by atoms with Gasteiger partial charge >= 0.3 is 29.6 Å². The molecule has 0 radical (unpaired) electrons. The van der Waals surface area contributed by atoms with Gasteiger partial charge in [0.1, 0.15) is 4.91 Å². The Hall–Kier alpha value is -5.86. The predicted molar refractivity (Wildman–Crippen MR) is 201 cm³/mol. The minimum Gasteiger partial charge on any atom is -0.399 e. The number of ketones is 1. The molecule has 55 heavy (non-hydrogen) atoms. The van der Waals surface area contributed by atoms with Crippen molar-refractivity contribution in [2.45, 2.75) is 4.90 Å². The van der Waals surface area contributed by atoms with E-state index in [0.717, 1.165) is 6.08 Å². The molecule has 272 valence electrons. The van der Waals surface area contributed by atoms with Crippen LogP contribution < -0.4 is 51.4 Å². The summed E-state index contributed by atoms with van der Waals surface area (Å²) < 4.78 is 66.3. The second kappa shape index (κ2) is 16.7. The summed E-state index contributed by atoms with van der Waals surface area (Å²) in [7, 11) is -9.30. The van der Waals surface area contributed by atoms with E-state index in [0.29, 0.717) is 34.0 Å². The van der Waals surface area contributed by atoms with Gasteiger partial charge in [0.15, 0.2) is 5.71 Å². The molecule has 0 spiro atoms. The average molecular weight is 789 g/mol. The maximum absolute atomic E-state index is 13.5. The molecule has 0 fully saturated rings. The number of nitrogen functional groups attached to an aromatic ring is 1. The summed E-state index contributed by atoms with van der Waals surface area (Å²) >= 11 is 0. The van der Waals surface area contributed by atoms with Gasteiger partial charge in [0.2, 0.25) is 5.78 Å². The molecule has 1 aliphatic rings. The first-order valence-electron chi connectivity index (χ1n) is 15.5. The molecule has 5 aromatic carbocycles. The number of hydrazone groups is 1. The van der Waals surface area contributed by atoms with Crippen LogP contribution in [0.3, 0.4) is 0 Å². The predicted octanol–water partition coefficient (Wildman–Crippen LogP) is 3.33. The van der Waals surface area contributed by atoms with Crippen molar-refractivity contribution in [2.75, 3.05) is 21.8 Å². The fourth-order valence-electron chi connectivity index (χ4n) is 5.02. The molecule has 5 aromatic rings. The number of hydrogen-bond donors (Lipinski definition) is 6. The number of anilines is 4. The number of nitrogens with zero attached hydrogens (tertiary/aromatic N) is 3. The summed E-state index contributed by atoms with van der Waals surface area (Å²) in [5.74, 6) is -1.79. The largest absolute Gasteiger partial charge is 1.00 e. The molecule has 2 amide bonds. The number of allylic oxidation sites excluding steroid dienone is 1. The van der Waals surface area contributed by atoms with Gasteiger partial charge in [-0.25, -0.2) is 0 Å². The molecule has 0 unspecified atom stereocenters. The third kappa shape index (κ3) is 10.0. The van der Waals surface area contributed by atoms with Crippen LogP contribution in [0.4, 0.5) is 34.1 Å². The molecule has 0 aliphatic heterocycles. The van der Waals surface area contributed by atoms with Gasteiger partial charge in [0, 0.05) is 33.8 Å². The molecule has 0 bridgehead atoms. The van der Waals surface area contributed by atoms with Crippen LogP contribution in [-0.2, 0) is 20.2 Å². The Balaban J connectivity index is 0.00000580. The van der Waals surface area contributed by atoms with E-state index >= 15 is 0 Å². The fraction of sp³-hybridized carbons (Fsp3) is 0. The quantitative estimate of drug-likeness (QED) is 0.0393. The van der Waals surface area contributed by atoms with E-state index in [1.54, 1.807) is 36.4 Å². The zero-order valence-electron chi connectivity index (χ0n) is 28.5. The van der Waals surface area contributed by atoms with Gasteiger partial charge < -0.3 is 16.4 Å². The van der Waals surface area contributed by atoms with Crippen molar-refractivity contribution in [1.82, 2.24) is 0 Å². The Morgan fingerprint density at radius 2 is 1.20 bits per heavy atom. The molecule has 0 saturated carbocycles. The van der Waals surface area contributed by atoms with Crippen molar-refractivity contribution in [3.63, 3.8) is 0 Å². The van der Waals surface area contributed by atoms with E-state index in [4.69, 9.17) is 10.3 Å². The van der Waals surface area contributed by atoms with Crippen molar-refractivity contribution >= 4 is 83.7 Å². The van der Waals surface area contributed by atoms with E-state index in [1.165, 1.54) is 78.9 Å². The molecule has 1 aliphatic carbocycles. The molecule has 0 aromatic heterocycles. The molecular formula is C36H27N7NaO9S2+. The first kappa shape index (κ1) is 40.3. The van der Waals surface area contributed by atoms with Crippen LogP contribution in [0.1, 0.15) is 36.6 Å². The van der Waals surface area contributed by atoms with Crippen LogP contribution in [0.2, 0.25) is 0 Å². The fourth-order valence-corrected chi connectivity index (χ4v) is 6.16. The number of hydrogen-bond acceptors (Lipinski definition) is 12. The Labute approximate surface area is 336 Å². The van der Waals surface area contributed by atoms with Crippen molar-refractivity contribution in [3.05, 3.63) is 142 Å². The first-order valence-corrected chi connectivity index (χ1v) is 18.4. The first-order chi connectivity index (χ1) is 25.6. The van der Waals surface area contributed by atoms with E-state index in [-0.39, 0.29) is 56.8 Å². The number of Topliss-reactive ketones (excluding diaryl/α,β-unsaturated/α-hetero) is 1. The Morgan fingerprint density at radius 3 is 1.80 bits per heavy atom. The van der Waals surface area contributed by atoms with Crippen LogP contribution >= 0.6 is 0 Å². The van der Waals surface area contributed by atoms with Crippen LogP contribution in [0, 0.1) is 0 Å². The van der Waals surface area contributed by atoms with Gasteiger partial charge in [0.05, 0.1) is 22.0 Å². The minimum atomic E-state index is -4.96. The van der Waals surface area contributed by atoms with Gasteiger partial charge in [-0.3, -0.25) is 28.9 Å². The normalized spacial score (nSPS) is 13.4. The van der Waals surface area contributed by atoms with Crippen LogP contribution in [0.5, 0.6) is 0 Å². The number of benzene rings is 5. The molecule has 19 heteroatoms. The van der Waals surface area contributed by atoms with Gasteiger partial charge in [-0.1, -0.05) is 6.07 Å². The maximum atomic E-state index is 13.5. The Morgan fingerprint density at radius 1 is 0.636 bits per heavy atom. The standard InChI is InChI=1S/C36H27N7O9S2.Na/c37-24-6-4-21(5-7-24)35(45)38-28-3-1-2-22(18-28)36(46)39-29-14-17-31-23(19-29)20-32(54(50,51)52)33(34(31)44)43-42-26-10-8-25(9-11-26)40-41-27-12-15-30(16-13-27)53(47,48)49;/h1-20,42H,37H2,(H,38,45)(H,39,46)(H,47,48,49)(H,50,51,52);/q;+1/b41-40?,43-33+;. The summed E-state index contributed by atoms with van der Waals surface area (Å²) in [5.41, 5.74) is 10.5. The molecule has 0 saturated heterocycles. The number of nitrogens with one attached hydrogen (secondary N) is 3. The number of nitrogens with two attached hydrogens (primary N) is 1. The molecule has 7 N–H and O–H groups in total. The molecular weight excluding hydrogens is 762 g/mol. The second-order valence-electron chi connectivity index (χ2n) is 11.5. The van der Waals surface area contributed by atoms with Gasteiger partial charge in [-0.05, 0) is 121 Å². The number of carbonyl (C=O) groups is 3. The summed E-state index contributed by atoms with van der Waals surface area (Å²) in [5, 5.41) is 17.4. The van der Waals surface area contributed by atoms with Crippen molar-refractivity contribution < 1.29 is 69.9 Å². The monoisotopic (exact) mass is 788 g/mol. The topological polar surface area (TPSA) is 259 Å². The van der Waals surface area contributed by atoms with Gasteiger partial charge in [0.25, 0.3) is 32.1 Å². The molecule has 16 nitrogen and oxygen atoms in total. The summed E-state index contributed by atoms with van der Waals surface area (Å²) in [6, 6.07) is 27.8. The number of amides is 2. The summed E-state index contributed by atoms with van der Waals surface area (Å²) in [6.45, 7) is 0. The average Bonchev–Trinajstić information content (AvgIpc) is 3.13. The maximum Gasteiger partial charge on any atom is 1.00 e. The van der Waals surface area contributed by atoms with E-state index in [1.807, 2.05) is 0 Å². The minimum absolute atomic E-state index is 0. The molecule has 0 atom stereocenters. The van der Waals surface area contributed by atoms with Crippen LogP contribution in [0.25, 0.3) is 6.08 Å². The van der Waals surface area contributed by atoms with E-state index in [9.17, 15) is 35.8 Å². The zero-order valence-corrected chi connectivity index (χ0v) is 32.2. The van der Waals surface area contributed by atoms with Crippen molar-refractivity contribution in [2.24, 2.45) is 15.3 Å². The number of carbonyl (C=O) groups excluding carboxylic acids is 3. The summed E-state index contributed by atoms with van der Waals surface area (Å²) in [6.07, 6.45) is 1.06. The molecule has 6 rings (SSSR count). The van der Waals surface area contributed by atoms with Gasteiger partial charge in [-0.2, -0.15) is 32.2 Å². The Bertz CT molecular complexity index is 2630. The second-order valence-corrected chi connectivity index (χ2v) is 14.3. The van der Waals surface area contributed by atoms with Crippen molar-refractivity contribution in [1.29, 1.82) is 0 Å². The van der Waals surface area contributed by atoms with Crippen LogP contribution in [0.15, 0.2) is 140 Å². The smallest absolute Gasteiger partial charge is 0.399 e.